The SMILES string of the molecule is CN1CCN(c2nc3c(c(NCCS(=O)(=O)Nc4cccc(Cl)c4)n2)CCCC3)CC1. The molecule has 1 aromatic carbocycles. The van der Waals surface area contributed by atoms with Crippen LogP contribution < -0.4 is 14.9 Å². The van der Waals surface area contributed by atoms with Gasteiger partial charge in [0.05, 0.1) is 11.4 Å². The molecule has 4 rings (SSSR count). The number of benzene rings is 1. The molecule has 31 heavy (non-hydrogen) atoms. The Bertz CT molecular complexity index is 1020. The Kier molecular flexibility index (Phi) is 6.83. The van der Waals surface area contributed by atoms with Crippen molar-refractivity contribution in [1.82, 2.24) is 14.9 Å². The number of rotatable bonds is 7. The molecule has 0 saturated carbocycles. The average Bonchev–Trinajstić information content (AvgIpc) is 2.73. The summed E-state index contributed by atoms with van der Waals surface area (Å²) in [5.74, 6) is 1.45. The number of hydrogen-bond donors (Lipinski definition) is 2. The predicted octanol–water partition coefficient (Wildman–Crippen LogP) is 2.61. The molecule has 10 heteroatoms. The third-order valence-corrected chi connectivity index (χ3v) is 7.24. The van der Waals surface area contributed by atoms with Crippen molar-refractivity contribution in [2.75, 3.05) is 60.5 Å². The highest BCUT2D eigenvalue weighted by atomic mass is 35.5. The summed E-state index contributed by atoms with van der Waals surface area (Å²) in [4.78, 5) is 14.2. The largest absolute Gasteiger partial charge is 0.369 e. The lowest BCUT2D eigenvalue weighted by molar-refractivity contribution is 0.311. The summed E-state index contributed by atoms with van der Waals surface area (Å²) >= 11 is 5.94. The summed E-state index contributed by atoms with van der Waals surface area (Å²) in [5.41, 5.74) is 2.69. The van der Waals surface area contributed by atoms with E-state index in [4.69, 9.17) is 21.6 Å². The van der Waals surface area contributed by atoms with Crippen LogP contribution >= 0.6 is 11.6 Å². The van der Waals surface area contributed by atoms with Crippen LogP contribution in [0.3, 0.4) is 0 Å². The van der Waals surface area contributed by atoms with Gasteiger partial charge >= 0.3 is 0 Å². The van der Waals surface area contributed by atoms with E-state index in [0.29, 0.717) is 10.7 Å². The van der Waals surface area contributed by atoms with Gasteiger partial charge in [0.25, 0.3) is 0 Å². The van der Waals surface area contributed by atoms with Crippen molar-refractivity contribution in [2.24, 2.45) is 0 Å². The van der Waals surface area contributed by atoms with E-state index in [1.165, 1.54) is 0 Å². The van der Waals surface area contributed by atoms with Crippen LogP contribution in [0.15, 0.2) is 24.3 Å². The first-order chi connectivity index (χ1) is 14.9. The van der Waals surface area contributed by atoms with Crippen molar-refractivity contribution in [3.05, 3.63) is 40.5 Å². The number of piperazine rings is 1. The van der Waals surface area contributed by atoms with Crippen LogP contribution in [0.25, 0.3) is 0 Å². The van der Waals surface area contributed by atoms with E-state index in [2.05, 4.69) is 26.9 Å². The van der Waals surface area contributed by atoms with Gasteiger partial charge in [-0.2, -0.15) is 4.98 Å². The van der Waals surface area contributed by atoms with Crippen molar-refractivity contribution in [3.63, 3.8) is 0 Å². The molecule has 1 aromatic heterocycles. The fraction of sp³-hybridized carbons (Fsp3) is 0.524. The third kappa shape index (κ3) is 5.78. The molecule has 1 saturated heterocycles. The number of likely N-dealkylation sites (N-methyl/N-ethyl adjacent to an activating group) is 1. The molecule has 2 aromatic rings. The average molecular weight is 465 g/mol. The van der Waals surface area contributed by atoms with Crippen LogP contribution in [0.5, 0.6) is 0 Å². The molecule has 0 radical (unpaired) electrons. The van der Waals surface area contributed by atoms with Crippen molar-refractivity contribution < 1.29 is 8.42 Å². The molecule has 1 aliphatic carbocycles. The fourth-order valence-electron chi connectivity index (χ4n) is 3.96. The second-order valence-corrected chi connectivity index (χ2v) is 10.4. The maximum Gasteiger partial charge on any atom is 0.234 e. The van der Waals surface area contributed by atoms with Crippen molar-refractivity contribution in [1.29, 1.82) is 0 Å². The van der Waals surface area contributed by atoms with Crippen molar-refractivity contribution >= 4 is 39.1 Å². The summed E-state index contributed by atoms with van der Waals surface area (Å²) in [7, 11) is -1.39. The molecule has 2 heterocycles. The molecule has 2 aliphatic rings. The smallest absolute Gasteiger partial charge is 0.234 e. The van der Waals surface area contributed by atoms with E-state index < -0.39 is 10.0 Å². The standard InChI is InChI=1S/C21H29ClN6O2S/c1-27-10-12-28(13-11-27)21-24-19-8-3-2-7-18(19)20(25-21)23-9-14-31(29,30)26-17-6-4-5-16(22)15-17/h4-6,15,26H,2-3,7-14H2,1H3,(H,23,24,25). The van der Waals surface area contributed by atoms with Crippen molar-refractivity contribution in [2.45, 2.75) is 25.7 Å². The van der Waals surface area contributed by atoms with Gasteiger partial charge in [0.1, 0.15) is 5.82 Å². The van der Waals surface area contributed by atoms with Gasteiger partial charge < -0.3 is 15.1 Å². The number of aromatic nitrogens is 2. The van der Waals surface area contributed by atoms with E-state index in [1.54, 1.807) is 24.3 Å². The Morgan fingerprint density at radius 3 is 2.65 bits per heavy atom. The fourth-order valence-corrected chi connectivity index (χ4v) is 5.11. The highest BCUT2D eigenvalue weighted by Crippen LogP contribution is 2.28. The number of nitrogens with one attached hydrogen (secondary N) is 2. The monoisotopic (exact) mass is 464 g/mol. The molecule has 2 N–H and O–H groups in total. The zero-order valence-corrected chi connectivity index (χ0v) is 19.3. The molecule has 1 aliphatic heterocycles. The molecule has 168 valence electrons. The Morgan fingerprint density at radius 1 is 1.10 bits per heavy atom. The van der Waals surface area contributed by atoms with Crippen LogP contribution in [0, 0.1) is 0 Å². The Balaban J connectivity index is 1.45. The minimum Gasteiger partial charge on any atom is -0.369 e. The topological polar surface area (TPSA) is 90.5 Å². The molecule has 0 bridgehead atoms. The molecule has 0 amide bonds. The Morgan fingerprint density at radius 2 is 1.87 bits per heavy atom. The normalized spacial score (nSPS) is 17.3. The second kappa shape index (κ2) is 9.58. The van der Waals surface area contributed by atoms with Gasteiger partial charge in [0, 0.05) is 49.0 Å². The number of aryl methyl sites for hydroxylation is 1. The summed E-state index contributed by atoms with van der Waals surface area (Å²) in [6.45, 7) is 4.02. The first kappa shape index (κ1) is 22.1. The van der Waals surface area contributed by atoms with E-state index in [-0.39, 0.29) is 12.3 Å². The minimum absolute atomic E-state index is 0.0673. The van der Waals surface area contributed by atoms with Crippen molar-refractivity contribution in [3.8, 4) is 0 Å². The van der Waals surface area contributed by atoms with Gasteiger partial charge in [-0.3, -0.25) is 4.72 Å². The minimum atomic E-state index is -3.51. The zero-order chi connectivity index (χ0) is 21.8. The van der Waals surface area contributed by atoms with Crippen LogP contribution in [0.2, 0.25) is 5.02 Å². The molecular weight excluding hydrogens is 436 g/mol. The third-order valence-electron chi connectivity index (χ3n) is 5.72. The lowest BCUT2D eigenvalue weighted by Gasteiger charge is -2.33. The second-order valence-electron chi connectivity index (χ2n) is 8.15. The maximum atomic E-state index is 12.5. The van der Waals surface area contributed by atoms with Gasteiger partial charge in [-0.25, -0.2) is 13.4 Å². The van der Waals surface area contributed by atoms with Crippen LogP contribution in [0.1, 0.15) is 24.1 Å². The number of nitrogens with zero attached hydrogens (tertiary/aromatic N) is 4. The van der Waals surface area contributed by atoms with E-state index in [0.717, 1.165) is 74.9 Å². The van der Waals surface area contributed by atoms with Crippen LogP contribution in [-0.2, 0) is 22.9 Å². The van der Waals surface area contributed by atoms with Gasteiger partial charge in [0.2, 0.25) is 16.0 Å². The van der Waals surface area contributed by atoms with E-state index in [1.807, 2.05) is 0 Å². The first-order valence-corrected chi connectivity index (χ1v) is 12.8. The summed E-state index contributed by atoms with van der Waals surface area (Å²) in [6.07, 6.45) is 4.10. The molecule has 0 atom stereocenters. The van der Waals surface area contributed by atoms with E-state index in [9.17, 15) is 8.42 Å². The summed E-state index contributed by atoms with van der Waals surface area (Å²) in [6, 6.07) is 6.69. The van der Waals surface area contributed by atoms with Crippen LogP contribution in [0.4, 0.5) is 17.5 Å². The summed E-state index contributed by atoms with van der Waals surface area (Å²) in [5, 5.41) is 3.77. The number of fused-ring (bicyclic) bond motifs is 1. The van der Waals surface area contributed by atoms with Gasteiger partial charge in [-0.15, -0.1) is 0 Å². The summed E-state index contributed by atoms with van der Waals surface area (Å²) < 4.78 is 27.6. The number of anilines is 3. The van der Waals surface area contributed by atoms with E-state index >= 15 is 0 Å². The van der Waals surface area contributed by atoms with Crippen LogP contribution in [-0.4, -0.2) is 68.8 Å². The lowest BCUT2D eigenvalue weighted by atomic mass is 9.96. The molecule has 8 nitrogen and oxygen atoms in total. The quantitative estimate of drug-likeness (QED) is 0.650. The predicted molar refractivity (Wildman–Crippen MR) is 126 cm³/mol. The Hall–Kier alpha value is -2.10. The van der Waals surface area contributed by atoms with Gasteiger partial charge in [-0.1, -0.05) is 17.7 Å². The lowest BCUT2D eigenvalue weighted by Crippen LogP contribution is -2.45. The molecule has 1 fully saturated rings. The first-order valence-electron chi connectivity index (χ1n) is 10.7. The van der Waals surface area contributed by atoms with Gasteiger partial charge in [0.15, 0.2) is 0 Å². The number of sulfonamides is 1. The number of hydrogen-bond acceptors (Lipinski definition) is 7. The molecular formula is C21H29ClN6O2S. The number of halogens is 1. The van der Waals surface area contributed by atoms with Gasteiger partial charge in [-0.05, 0) is 50.9 Å². The molecule has 0 spiro atoms. The molecule has 0 unspecified atom stereocenters. The highest BCUT2D eigenvalue weighted by molar-refractivity contribution is 7.92. The highest BCUT2D eigenvalue weighted by Gasteiger charge is 2.23. The maximum absolute atomic E-state index is 12.5. The Labute approximate surface area is 189 Å². The zero-order valence-electron chi connectivity index (χ0n) is 17.8.